The molecule has 0 aliphatic carbocycles. The fraction of sp³-hybridized carbons (Fsp3) is 0.900. The maximum absolute atomic E-state index is 9.21. The zero-order valence-corrected chi connectivity index (χ0v) is 8.71. The van der Waals surface area contributed by atoms with Gasteiger partial charge in [0.15, 0.2) is 0 Å². The van der Waals surface area contributed by atoms with E-state index in [0.717, 1.165) is 19.5 Å². The van der Waals surface area contributed by atoms with E-state index in [1.807, 2.05) is 0 Å². The first-order valence-electron chi connectivity index (χ1n) is 5.23. The lowest BCUT2D eigenvalue weighted by atomic mass is 9.80. The molecule has 0 spiro atoms. The van der Waals surface area contributed by atoms with Gasteiger partial charge in [0.05, 0.1) is 6.07 Å². The lowest BCUT2D eigenvalue weighted by Gasteiger charge is -2.38. The number of rotatable bonds is 4. The second-order valence-corrected chi connectivity index (χ2v) is 3.94. The number of aliphatic hydroxyl groups is 1. The fourth-order valence-corrected chi connectivity index (χ4v) is 1.88. The summed E-state index contributed by atoms with van der Waals surface area (Å²) in [5.41, 5.74) is -0.388. The Morgan fingerprint density at radius 1 is 1.71 bits per heavy atom. The summed E-state index contributed by atoms with van der Waals surface area (Å²) in [6.07, 6.45) is 1.56. The highest BCUT2D eigenvalue weighted by Crippen LogP contribution is 2.23. The Bertz CT molecular complexity index is 214. The first-order chi connectivity index (χ1) is 6.75. The molecule has 0 saturated carbocycles. The van der Waals surface area contributed by atoms with Crippen molar-refractivity contribution in [1.29, 1.82) is 5.26 Å². The lowest BCUT2D eigenvalue weighted by Crippen LogP contribution is -2.57. The van der Waals surface area contributed by atoms with E-state index in [9.17, 15) is 5.26 Å². The van der Waals surface area contributed by atoms with Crippen molar-refractivity contribution < 1.29 is 5.11 Å². The van der Waals surface area contributed by atoms with Crippen LogP contribution in [-0.2, 0) is 0 Å². The number of hydrogen-bond acceptors (Lipinski definition) is 4. The molecule has 1 heterocycles. The molecule has 4 heteroatoms. The van der Waals surface area contributed by atoms with Crippen LogP contribution in [0.4, 0.5) is 0 Å². The molecule has 1 fully saturated rings. The van der Waals surface area contributed by atoms with Crippen molar-refractivity contribution in [3.8, 4) is 6.07 Å². The Balaban J connectivity index is 2.51. The van der Waals surface area contributed by atoms with Gasteiger partial charge in [0.1, 0.15) is 5.54 Å². The van der Waals surface area contributed by atoms with E-state index in [-0.39, 0.29) is 12.1 Å². The predicted octanol–water partition coefficient (Wildman–Crippen LogP) is -0.150. The second-order valence-electron chi connectivity index (χ2n) is 3.94. The molecule has 80 valence electrons. The van der Waals surface area contributed by atoms with Gasteiger partial charge in [0.2, 0.25) is 0 Å². The maximum Gasteiger partial charge on any atom is 0.111 e. The summed E-state index contributed by atoms with van der Waals surface area (Å²) >= 11 is 0. The third-order valence-electron chi connectivity index (χ3n) is 2.96. The fourth-order valence-electron chi connectivity index (χ4n) is 1.88. The van der Waals surface area contributed by atoms with Crippen molar-refractivity contribution in [3.05, 3.63) is 0 Å². The van der Waals surface area contributed by atoms with E-state index in [4.69, 9.17) is 5.11 Å². The van der Waals surface area contributed by atoms with Crippen molar-refractivity contribution in [2.75, 3.05) is 26.2 Å². The van der Waals surface area contributed by atoms with E-state index >= 15 is 0 Å². The standard InChI is InChI=1S/C10H19N3O/c1-9-7-12-5-3-10(9,8-11)13-4-2-6-14/h9,12-14H,2-7H2,1H3. The van der Waals surface area contributed by atoms with Gasteiger partial charge >= 0.3 is 0 Å². The number of hydrogen-bond donors (Lipinski definition) is 3. The van der Waals surface area contributed by atoms with Gasteiger partial charge in [-0.15, -0.1) is 0 Å². The summed E-state index contributed by atoms with van der Waals surface area (Å²) in [6.45, 7) is 4.76. The third-order valence-corrected chi connectivity index (χ3v) is 2.96. The molecular weight excluding hydrogens is 178 g/mol. The van der Waals surface area contributed by atoms with Crippen molar-refractivity contribution in [1.82, 2.24) is 10.6 Å². The maximum atomic E-state index is 9.21. The van der Waals surface area contributed by atoms with Gasteiger partial charge in [-0.25, -0.2) is 0 Å². The van der Waals surface area contributed by atoms with Crippen LogP contribution in [0.15, 0.2) is 0 Å². The van der Waals surface area contributed by atoms with Gasteiger partial charge in [-0.3, -0.25) is 5.32 Å². The lowest BCUT2D eigenvalue weighted by molar-refractivity contribution is 0.215. The highest BCUT2D eigenvalue weighted by molar-refractivity contribution is 5.12. The number of nitriles is 1. The van der Waals surface area contributed by atoms with Crippen molar-refractivity contribution in [3.63, 3.8) is 0 Å². The second kappa shape index (κ2) is 5.30. The molecule has 0 radical (unpaired) electrons. The Hall–Kier alpha value is -0.630. The first-order valence-corrected chi connectivity index (χ1v) is 5.23. The van der Waals surface area contributed by atoms with E-state index in [2.05, 4.69) is 23.6 Å². The van der Waals surface area contributed by atoms with E-state index in [0.29, 0.717) is 18.9 Å². The zero-order chi connectivity index (χ0) is 10.4. The Kier molecular flexibility index (Phi) is 4.33. The quantitative estimate of drug-likeness (QED) is 0.548. The molecule has 2 atom stereocenters. The van der Waals surface area contributed by atoms with Gasteiger partial charge in [-0.05, 0) is 25.9 Å². The molecule has 0 aromatic rings. The number of piperidine rings is 1. The van der Waals surface area contributed by atoms with E-state index in [1.54, 1.807) is 0 Å². The van der Waals surface area contributed by atoms with Crippen LogP contribution < -0.4 is 10.6 Å². The van der Waals surface area contributed by atoms with Gasteiger partial charge in [-0.2, -0.15) is 5.26 Å². The average Bonchev–Trinajstić information content (AvgIpc) is 2.21. The molecule has 1 aliphatic rings. The number of aliphatic hydroxyl groups excluding tert-OH is 1. The van der Waals surface area contributed by atoms with Crippen LogP contribution in [0, 0.1) is 17.2 Å². The predicted molar refractivity (Wildman–Crippen MR) is 54.7 cm³/mol. The van der Waals surface area contributed by atoms with Crippen molar-refractivity contribution in [2.24, 2.45) is 5.92 Å². The monoisotopic (exact) mass is 197 g/mol. The third kappa shape index (κ3) is 2.44. The summed E-state index contributed by atoms with van der Waals surface area (Å²) in [6, 6.07) is 2.39. The molecule has 0 aromatic heterocycles. The molecule has 3 N–H and O–H groups in total. The van der Waals surface area contributed by atoms with Crippen molar-refractivity contribution >= 4 is 0 Å². The molecule has 1 saturated heterocycles. The molecule has 0 aromatic carbocycles. The van der Waals surface area contributed by atoms with Crippen LogP contribution in [0.3, 0.4) is 0 Å². The molecule has 4 nitrogen and oxygen atoms in total. The minimum absolute atomic E-state index is 0.182. The summed E-state index contributed by atoms with van der Waals surface area (Å²) in [5.74, 6) is 0.319. The summed E-state index contributed by atoms with van der Waals surface area (Å²) < 4.78 is 0. The van der Waals surface area contributed by atoms with Crippen LogP contribution in [0.1, 0.15) is 19.8 Å². The summed E-state index contributed by atoms with van der Waals surface area (Å²) in [4.78, 5) is 0. The molecule has 1 rings (SSSR count). The largest absolute Gasteiger partial charge is 0.396 e. The molecule has 14 heavy (non-hydrogen) atoms. The Morgan fingerprint density at radius 3 is 3.07 bits per heavy atom. The zero-order valence-electron chi connectivity index (χ0n) is 8.71. The summed E-state index contributed by atoms with van der Waals surface area (Å²) in [7, 11) is 0. The van der Waals surface area contributed by atoms with Gasteiger partial charge < -0.3 is 10.4 Å². The minimum Gasteiger partial charge on any atom is -0.396 e. The van der Waals surface area contributed by atoms with E-state index in [1.165, 1.54) is 0 Å². The van der Waals surface area contributed by atoms with Gasteiger partial charge in [0, 0.05) is 19.1 Å². The minimum atomic E-state index is -0.388. The number of nitrogens with zero attached hydrogens (tertiary/aromatic N) is 1. The van der Waals surface area contributed by atoms with Crippen LogP contribution in [0.25, 0.3) is 0 Å². The molecular formula is C10H19N3O. The van der Waals surface area contributed by atoms with E-state index < -0.39 is 0 Å². The summed E-state index contributed by atoms with van der Waals surface area (Å²) in [5, 5.41) is 24.4. The van der Waals surface area contributed by atoms with Gasteiger partial charge in [-0.1, -0.05) is 6.92 Å². The first kappa shape index (κ1) is 11.4. The average molecular weight is 197 g/mol. The number of nitrogens with one attached hydrogen (secondary N) is 2. The normalized spacial score (nSPS) is 32.5. The van der Waals surface area contributed by atoms with Crippen LogP contribution >= 0.6 is 0 Å². The topological polar surface area (TPSA) is 68.1 Å². The van der Waals surface area contributed by atoms with Crippen LogP contribution in [-0.4, -0.2) is 36.9 Å². The smallest absolute Gasteiger partial charge is 0.111 e. The Labute approximate surface area is 85.3 Å². The van der Waals surface area contributed by atoms with Crippen LogP contribution in [0.5, 0.6) is 0 Å². The van der Waals surface area contributed by atoms with Gasteiger partial charge in [0.25, 0.3) is 0 Å². The van der Waals surface area contributed by atoms with Crippen molar-refractivity contribution in [2.45, 2.75) is 25.3 Å². The molecule has 0 amide bonds. The molecule has 2 unspecified atom stereocenters. The molecule has 1 aliphatic heterocycles. The van der Waals surface area contributed by atoms with Crippen LogP contribution in [0.2, 0.25) is 0 Å². The highest BCUT2D eigenvalue weighted by atomic mass is 16.3. The highest BCUT2D eigenvalue weighted by Gasteiger charge is 2.37. The molecule has 0 bridgehead atoms. The SMILES string of the molecule is CC1CNCCC1(C#N)NCCCO. The Morgan fingerprint density at radius 2 is 2.50 bits per heavy atom.